The lowest BCUT2D eigenvalue weighted by molar-refractivity contribution is 0.414. The molecular weight excluding hydrogens is 371 g/mol. The molecule has 132 valence electrons. The third kappa shape index (κ3) is 2.96. The van der Waals surface area contributed by atoms with Gasteiger partial charge in [-0.15, -0.1) is 0 Å². The van der Waals surface area contributed by atoms with Crippen LogP contribution in [0.15, 0.2) is 47.3 Å². The first-order chi connectivity index (χ1) is 12.6. The topological polar surface area (TPSA) is 57.9 Å². The predicted molar refractivity (Wildman–Crippen MR) is 105 cm³/mol. The molecule has 0 radical (unpaired) electrons. The van der Waals surface area contributed by atoms with Crippen LogP contribution in [-0.4, -0.2) is 17.3 Å². The Labute approximate surface area is 160 Å². The quantitative estimate of drug-likeness (QED) is 0.657. The van der Waals surface area contributed by atoms with Crippen molar-refractivity contribution in [3.8, 4) is 5.75 Å². The van der Waals surface area contributed by atoms with E-state index in [0.29, 0.717) is 16.5 Å². The van der Waals surface area contributed by atoms with Crippen LogP contribution in [0, 0.1) is 0 Å². The molecule has 2 aromatic carbocycles. The monoisotopic (exact) mass is 386 g/mol. The van der Waals surface area contributed by atoms with Crippen molar-refractivity contribution in [3.05, 3.63) is 85.2 Å². The smallest absolute Gasteiger partial charge is 0.268 e. The molecule has 4 nitrogen and oxygen atoms in total. The van der Waals surface area contributed by atoms with Crippen molar-refractivity contribution < 1.29 is 4.74 Å². The van der Waals surface area contributed by atoms with Gasteiger partial charge >= 0.3 is 0 Å². The fourth-order valence-electron chi connectivity index (χ4n) is 3.41. The highest BCUT2D eigenvalue weighted by Crippen LogP contribution is 2.41. The lowest BCUT2D eigenvalue weighted by Gasteiger charge is -2.23. The van der Waals surface area contributed by atoms with E-state index in [0.717, 1.165) is 33.7 Å². The number of methoxy groups -OCH3 is 1. The van der Waals surface area contributed by atoms with Crippen molar-refractivity contribution in [2.45, 2.75) is 12.3 Å². The van der Waals surface area contributed by atoms with Crippen LogP contribution in [0.2, 0.25) is 10.0 Å². The first-order valence-electron chi connectivity index (χ1n) is 8.17. The van der Waals surface area contributed by atoms with Gasteiger partial charge in [0.2, 0.25) is 0 Å². The summed E-state index contributed by atoms with van der Waals surface area (Å²) in [6.07, 6.45) is 2.69. The SMILES string of the molecule is COc1ccc(C2CC(c3ccc(Cl)c(Cl)c3)=Cc3[nH][nH]c(=O)c32)cc1. The molecule has 1 heterocycles. The van der Waals surface area contributed by atoms with Crippen LogP contribution in [0.4, 0.5) is 0 Å². The average Bonchev–Trinajstić information content (AvgIpc) is 3.04. The van der Waals surface area contributed by atoms with E-state index in [1.165, 1.54) is 0 Å². The number of allylic oxidation sites excluding steroid dienone is 1. The van der Waals surface area contributed by atoms with Crippen molar-refractivity contribution >= 4 is 34.9 Å². The number of fused-ring (bicyclic) bond motifs is 1. The molecule has 26 heavy (non-hydrogen) atoms. The molecule has 0 fully saturated rings. The second-order valence-corrected chi connectivity index (χ2v) is 7.05. The molecular formula is C20H16Cl2N2O2. The van der Waals surface area contributed by atoms with Gasteiger partial charge in [0.1, 0.15) is 5.75 Å². The van der Waals surface area contributed by atoms with Gasteiger partial charge in [0.15, 0.2) is 0 Å². The number of rotatable bonds is 3. The van der Waals surface area contributed by atoms with Crippen molar-refractivity contribution in [1.29, 1.82) is 0 Å². The molecule has 0 amide bonds. The van der Waals surface area contributed by atoms with Crippen LogP contribution in [0.25, 0.3) is 11.6 Å². The van der Waals surface area contributed by atoms with E-state index < -0.39 is 0 Å². The highest BCUT2D eigenvalue weighted by atomic mass is 35.5. The van der Waals surface area contributed by atoms with Gasteiger partial charge in [0.25, 0.3) is 5.56 Å². The second-order valence-electron chi connectivity index (χ2n) is 6.23. The Kier molecular flexibility index (Phi) is 4.39. The maximum absolute atomic E-state index is 12.3. The van der Waals surface area contributed by atoms with E-state index in [2.05, 4.69) is 10.2 Å². The number of hydrogen-bond acceptors (Lipinski definition) is 2. The van der Waals surface area contributed by atoms with E-state index in [1.807, 2.05) is 42.5 Å². The highest BCUT2D eigenvalue weighted by molar-refractivity contribution is 6.42. The zero-order chi connectivity index (χ0) is 18.3. The molecule has 0 spiro atoms. The number of ether oxygens (including phenoxy) is 1. The zero-order valence-electron chi connectivity index (χ0n) is 14.0. The van der Waals surface area contributed by atoms with Crippen molar-refractivity contribution in [2.75, 3.05) is 7.11 Å². The van der Waals surface area contributed by atoms with Gasteiger partial charge in [-0.3, -0.25) is 15.0 Å². The summed E-state index contributed by atoms with van der Waals surface area (Å²) < 4.78 is 5.24. The van der Waals surface area contributed by atoms with Crippen LogP contribution in [-0.2, 0) is 0 Å². The first kappa shape index (κ1) is 17.0. The minimum atomic E-state index is -0.0924. The molecule has 1 atom stereocenters. The number of halogens is 2. The normalized spacial score (nSPS) is 16.1. The molecule has 0 saturated carbocycles. The number of H-pyrrole nitrogens is 2. The first-order valence-corrected chi connectivity index (χ1v) is 8.93. The highest BCUT2D eigenvalue weighted by Gasteiger charge is 2.28. The second kappa shape index (κ2) is 6.71. The van der Waals surface area contributed by atoms with E-state index in [-0.39, 0.29) is 11.5 Å². The van der Waals surface area contributed by atoms with Gasteiger partial charge in [0, 0.05) is 5.92 Å². The summed E-state index contributed by atoms with van der Waals surface area (Å²) in [6.45, 7) is 0. The summed E-state index contributed by atoms with van der Waals surface area (Å²) in [4.78, 5) is 12.3. The lowest BCUT2D eigenvalue weighted by atomic mass is 9.80. The summed E-state index contributed by atoms with van der Waals surface area (Å²) in [6, 6.07) is 13.4. The van der Waals surface area contributed by atoms with E-state index >= 15 is 0 Å². The Balaban J connectivity index is 1.80. The minimum Gasteiger partial charge on any atom is -0.497 e. The van der Waals surface area contributed by atoms with Crippen LogP contribution in [0.5, 0.6) is 5.75 Å². The average molecular weight is 387 g/mol. The largest absolute Gasteiger partial charge is 0.497 e. The Morgan fingerprint density at radius 1 is 1.04 bits per heavy atom. The maximum Gasteiger partial charge on any atom is 0.268 e. The number of aromatic amines is 2. The number of hydrogen-bond donors (Lipinski definition) is 2. The van der Waals surface area contributed by atoms with Crippen LogP contribution in [0.3, 0.4) is 0 Å². The molecule has 1 unspecified atom stereocenters. The molecule has 1 aliphatic rings. The van der Waals surface area contributed by atoms with Gasteiger partial charge in [-0.2, -0.15) is 0 Å². The number of aromatic nitrogens is 2. The van der Waals surface area contributed by atoms with Crippen molar-refractivity contribution in [1.82, 2.24) is 10.2 Å². The maximum atomic E-state index is 12.3. The van der Waals surface area contributed by atoms with Crippen molar-refractivity contribution in [2.24, 2.45) is 0 Å². The Morgan fingerprint density at radius 3 is 2.50 bits per heavy atom. The van der Waals surface area contributed by atoms with E-state index in [4.69, 9.17) is 27.9 Å². The van der Waals surface area contributed by atoms with Crippen LogP contribution >= 0.6 is 23.2 Å². The predicted octanol–water partition coefficient (Wildman–Crippen LogP) is 5.09. The van der Waals surface area contributed by atoms with Crippen LogP contribution < -0.4 is 10.3 Å². The molecule has 0 saturated heterocycles. The fraction of sp³-hybridized carbons (Fsp3) is 0.150. The van der Waals surface area contributed by atoms with Gasteiger partial charge < -0.3 is 4.74 Å². The molecule has 3 aromatic rings. The third-order valence-electron chi connectivity index (χ3n) is 4.75. The molecule has 0 bridgehead atoms. The molecule has 6 heteroatoms. The molecule has 1 aliphatic carbocycles. The summed E-state index contributed by atoms with van der Waals surface area (Å²) >= 11 is 12.2. The van der Waals surface area contributed by atoms with Crippen molar-refractivity contribution in [3.63, 3.8) is 0 Å². The van der Waals surface area contributed by atoms with E-state index in [9.17, 15) is 4.79 Å². The van der Waals surface area contributed by atoms with E-state index in [1.54, 1.807) is 13.2 Å². The summed E-state index contributed by atoms with van der Waals surface area (Å²) in [5.41, 5.74) is 4.59. The summed E-state index contributed by atoms with van der Waals surface area (Å²) in [5, 5.41) is 6.71. The molecule has 2 N–H and O–H groups in total. The van der Waals surface area contributed by atoms with Gasteiger partial charge in [0.05, 0.1) is 28.4 Å². The molecule has 4 rings (SSSR count). The van der Waals surface area contributed by atoms with Crippen LogP contribution in [0.1, 0.15) is 34.7 Å². The standard InChI is InChI=1S/C20H16Cl2N2O2/c1-26-14-5-2-11(3-6-14)15-8-13(10-18-19(15)20(25)24-23-18)12-4-7-16(21)17(22)9-12/h2-7,9-10,15H,8H2,1H3,(H2,23,24,25). The third-order valence-corrected chi connectivity index (χ3v) is 5.48. The van der Waals surface area contributed by atoms with Gasteiger partial charge in [-0.05, 0) is 53.5 Å². The fourth-order valence-corrected chi connectivity index (χ4v) is 3.71. The number of benzene rings is 2. The van der Waals surface area contributed by atoms with Gasteiger partial charge in [-0.1, -0.05) is 41.4 Å². The zero-order valence-corrected chi connectivity index (χ0v) is 15.5. The lowest BCUT2D eigenvalue weighted by Crippen LogP contribution is -2.16. The van der Waals surface area contributed by atoms with Gasteiger partial charge in [-0.25, -0.2) is 0 Å². The summed E-state index contributed by atoms with van der Waals surface area (Å²) in [5.74, 6) is 0.730. The Morgan fingerprint density at radius 2 is 1.81 bits per heavy atom. The molecule has 1 aromatic heterocycles. The molecule has 0 aliphatic heterocycles. The minimum absolute atomic E-state index is 0.0552. The Hall–Kier alpha value is -2.43. The Bertz CT molecular complexity index is 1050. The summed E-state index contributed by atoms with van der Waals surface area (Å²) in [7, 11) is 1.63. The number of nitrogens with one attached hydrogen (secondary N) is 2.